The Labute approximate surface area is 290 Å². The second kappa shape index (κ2) is 11.3. The van der Waals surface area contributed by atoms with E-state index in [2.05, 4.69) is 158 Å². The molecule has 0 unspecified atom stereocenters. The zero-order valence-electron chi connectivity index (χ0n) is 27.1. The maximum Gasteiger partial charge on any atom is 0.160 e. The van der Waals surface area contributed by atoms with Gasteiger partial charge in [0, 0.05) is 27.5 Å². The van der Waals surface area contributed by atoms with Gasteiger partial charge in [-0.1, -0.05) is 152 Å². The molecule has 2 heterocycles. The van der Waals surface area contributed by atoms with Crippen molar-refractivity contribution in [3.63, 3.8) is 0 Å². The maximum atomic E-state index is 6.29. The molecule has 0 saturated heterocycles. The molecule has 10 rings (SSSR count). The summed E-state index contributed by atoms with van der Waals surface area (Å²) in [7, 11) is 0. The van der Waals surface area contributed by atoms with Crippen LogP contribution >= 0.6 is 0 Å². The van der Waals surface area contributed by atoms with Crippen LogP contribution in [-0.2, 0) is 5.41 Å². The Kier molecular flexibility index (Phi) is 6.40. The van der Waals surface area contributed by atoms with Gasteiger partial charge in [-0.05, 0) is 63.7 Å². The molecule has 0 atom stereocenters. The third kappa shape index (κ3) is 4.30. The third-order valence-electron chi connectivity index (χ3n) is 10.2. The van der Waals surface area contributed by atoms with Gasteiger partial charge < -0.3 is 4.42 Å². The van der Waals surface area contributed by atoms with Crippen molar-refractivity contribution in [2.24, 2.45) is 0 Å². The number of hydrogen-bond acceptors (Lipinski definition) is 3. The van der Waals surface area contributed by atoms with Gasteiger partial charge in [0.1, 0.15) is 11.2 Å². The fourth-order valence-electron chi connectivity index (χ4n) is 7.95. The molecule has 0 radical (unpaired) electrons. The van der Waals surface area contributed by atoms with Crippen LogP contribution in [0.4, 0.5) is 0 Å². The zero-order valence-corrected chi connectivity index (χ0v) is 27.1. The van der Waals surface area contributed by atoms with Gasteiger partial charge in [-0.25, -0.2) is 9.97 Å². The minimum atomic E-state index is -0.503. The first-order valence-corrected chi connectivity index (χ1v) is 17.0. The lowest BCUT2D eigenvalue weighted by molar-refractivity contribution is 0.669. The van der Waals surface area contributed by atoms with Crippen molar-refractivity contribution in [1.82, 2.24) is 9.97 Å². The highest BCUT2D eigenvalue weighted by atomic mass is 16.3. The topological polar surface area (TPSA) is 38.9 Å². The van der Waals surface area contributed by atoms with Crippen LogP contribution in [0.25, 0.3) is 67.0 Å². The normalized spacial score (nSPS) is 13.0. The van der Waals surface area contributed by atoms with E-state index in [1.165, 1.54) is 33.4 Å². The number of fused-ring (bicyclic) bond motifs is 6. The van der Waals surface area contributed by atoms with Crippen molar-refractivity contribution >= 4 is 21.9 Å². The predicted molar refractivity (Wildman–Crippen MR) is 203 cm³/mol. The van der Waals surface area contributed by atoms with E-state index in [0.29, 0.717) is 5.82 Å². The molecule has 0 N–H and O–H groups in total. The number of nitrogens with zero attached hydrogens (tertiary/aromatic N) is 2. The number of aromatic nitrogens is 2. The van der Waals surface area contributed by atoms with Gasteiger partial charge in [0.05, 0.1) is 16.8 Å². The monoisotopic (exact) mass is 638 g/mol. The van der Waals surface area contributed by atoms with Crippen molar-refractivity contribution in [1.29, 1.82) is 0 Å². The molecule has 50 heavy (non-hydrogen) atoms. The molecule has 9 aromatic rings. The quantitative estimate of drug-likeness (QED) is 0.188. The minimum Gasteiger partial charge on any atom is -0.456 e. The summed E-state index contributed by atoms with van der Waals surface area (Å²) < 4.78 is 6.29. The first-order valence-electron chi connectivity index (χ1n) is 17.0. The van der Waals surface area contributed by atoms with Crippen molar-refractivity contribution < 1.29 is 4.42 Å². The summed E-state index contributed by atoms with van der Waals surface area (Å²) in [5.41, 5.74) is 13.4. The largest absolute Gasteiger partial charge is 0.456 e. The molecule has 0 aliphatic heterocycles. The Morgan fingerprint density at radius 1 is 0.380 bits per heavy atom. The van der Waals surface area contributed by atoms with Gasteiger partial charge in [0.2, 0.25) is 0 Å². The molecule has 3 nitrogen and oxygen atoms in total. The van der Waals surface area contributed by atoms with E-state index in [1.54, 1.807) is 0 Å². The Bertz CT molecular complexity index is 2660. The van der Waals surface area contributed by atoms with E-state index in [0.717, 1.165) is 50.0 Å². The van der Waals surface area contributed by atoms with Crippen LogP contribution in [0.1, 0.15) is 22.3 Å². The van der Waals surface area contributed by atoms with Gasteiger partial charge >= 0.3 is 0 Å². The Morgan fingerprint density at radius 3 is 1.72 bits per heavy atom. The summed E-state index contributed by atoms with van der Waals surface area (Å²) in [5, 5.41) is 2.21. The zero-order chi connectivity index (χ0) is 33.1. The van der Waals surface area contributed by atoms with E-state index < -0.39 is 5.41 Å². The van der Waals surface area contributed by atoms with E-state index in [4.69, 9.17) is 14.4 Å². The lowest BCUT2D eigenvalue weighted by atomic mass is 9.67. The number of rotatable bonds is 5. The highest BCUT2D eigenvalue weighted by Crippen LogP contribution is 2.56. The summed E-state index contributed by atoms with van der Waals surface area (Å²) in [6.07, 6.45) is 0. The smallest absolute Gasteiger partial charge is 0.160 e. The second-order valence-corrected chi connectivity index (χ2v) is 12.9. The molecule has 0 saturated carbocycles. The first kappa shape index (κ1) is 28.4. The Hall–Kier alpha value is -6.58. The molecule has 7 aromatic carbocycles. The number of para-hydroxylation sites is 1. The van der Waals surface area contributed by atoms with E-state index >= 15 is 0 Å². The molecule has 0 fully saturated rings. The summed E-state index contributed by atoms with van der Waals surface area (Å²) in [6.45, 7) is 0. The molecular weight excluding hydrogens is 609 g/mol. The third-order valence-corrected chi connectivity index (χ3v) is 10.2. The van der Waals surface area contributed by atoms with Crippen LogP contribution in [0.15, 0.2) is 186 Å². The van der Waals surface area contributed by atoms with Crippen LogP contribution in [0, 0.1) is 0 Å². The summed E-state index contributed by atoms with van der Waals surface area (Å²) >= 11 is 0. The SMILES string of the molecule is c1ccc(-c2cc(-c3ccc4c(c3)oc3ccccc34)nc(-c3ccc4c(c3)C(c3ccccc3)(c3ccccc3)c3ccccc3-4)n2)cc1. The minimum absolute atomic E-state index is 0.503. The summed E-state index contributed by atoms with van der Waals surface area (Å²) in [4.78, 5) is 10.5. The van der Waals surface area contributed by atoms with E-state index in [-0.39, 0.29) is 0 Å². The van der Waals surface area contributed by atoms with E-state index in [1.807, 2.05) is 24.3 Å². The average molecular weight is 639 g/mol. The molecule has 0 spiro atoms. The van der Waals surface area contributed by atoms with Gasteiger partial charge in [0.15, 0.2) is 5.82 Å². The van der Waals surface area contributed by atoms with Crippen molar-refractivity contribution in [3.8, 4) is 45.0 Å². The summed E-state index contributed by atoms with van der Waals surface area (Å²) in [5.74, 6) is 0.680. The number of benzene rings is 7. The van der Waals surface area contributed by atoms with Crippen molar-refractivity contribution in [2.45, 2.75) is 5.41 Å². The average Bonchev–Trinajstić information content (AvgIpc) is 3.72. The molecule has 2 aromatic heterocycles. The number of furan rings is 1. The van der Waals surface area contributed by atoms with Crippen LogP contribution in [0.5, 0.6) is 0 Å². The fraction of sp³-hybridized carbons (Fsp3) is 0.0213. The first-order chi connectivity index (χ1) is 24.8. The molecule has 3 heteroatoms. The molecule has 0 amide bonds. The van der Waals surface area contributed by atoms with Gasteiger partial charge in [-0.3, -0.25) is 0 Å². The summed E-state index contributed by atoms with van der Waals surface area (Å²) in [6, 6.07) is 64.4. The fourth-order valence-corrected chi connectivity index (χ4v) is 7.95. The lowest BCUT2D eigenvalue weighted by Crippen LogP contribution is -2.28. The highest BCUT2D eigenvalue weighted by molar-refractivity contribution is 6.05. The van der Waals surface area contributed by atoms with Gasteiger partial charge in [0.25, 0.3) is 0 Å². The lowest BCUT2D eigenvalue weighted by Gasteiger charge is -2.34. The highest BCUT2D eigenvalue weighted by Gasteiger charge is 2.46. The van der Waals surface area contributed by atoms with Crippen LogP contribution in [0.2, 0.25) is 0 Å². The molecule has 234 valence electrons. The Balaban J connectivity index is 1.21. The van der Waals surface area contributed by atoms with Crippen LogP contribution in [-0.4, -0.2) is 9.97 Å². The van der Waals surface area contributed by atoms with Crippen molar-refractivity contribution in [2.75, 3.05) is 0 Å². The van der Waals surface area contributed by atoms with Gasteiger partial charge in [-0.15, -0.1) is 0 Å². The standard InChI is InChI=1S/C47H30N2O/c1-4-14-31(15-5-1)42-30-43(32-24-27-39-38-21-11-13-23-44(38)50-45(39)29-32)49-46(48-42)33-25-26-37-36-20-10-12-22-40(36)47(41(37)28-33,34-16-6-2-7-17-34)35-18-8-3-9-19-35/h1-30H. The second-order valence-electron chi connectivity index (χ2n) is 12.9. The van der Waals surface area contributed by atoms with Crippen LogP contribution < -0.4 is 0 Å². The Morgan fingerprint density at radius 2 is 0.960 bits per heavy atom. The van der Waals surface area contributed by atoms with Gasteiger partial charge in [-0.2, -0.15) is 0 Å². The van der Waals surface area contributed by atoms with Crippen LogP contribution in [0.3, 0.4) is 0 Å². The molecule has 0 bridgehead atoms. The predicted octanol–water partition coefficient (Wildman–Crippen LogP) is 11.7. The number of hydrogen-bond donors (Lipinski definition) is 0. The molecule has 1 aliphatic rings. The maximum absolute atomic E-state index is 6.29. The van der Waals surface area contributed by atoms with E-state index in [9.17, 15) is 0 Å². The van der Waals surface area contributed by atoms with Crippen molar-refractivity contribution in [3.05, 3.63) is 204 Å². The molecule has 1 aliphatic carbocycles. The molecular formula is C47H30N2O.